The van der Waals surface area contributed by atoms with Crippen molar-refractivity contribution in [3.63, 3.8) is 0 Å². The molecule has 0 saturated carbocycles. The van der Waals surface area contributed by atoms with Crippen LogP contribution in [0.5, 0.6) is 0 Å². The Balaban J connectivity index is 4.05. The van der Waals surface area contributed by atoms with Crippen LogP contribution in [0.15, 0.2) is 24.3 Å². The van der Waals surface area contributed by atoms with Crippen LogP contribution in [-0.4, -0.2) is 37.5 Å². The van der Waals surface area contributed by atoms with Gasteiger partial charge in [-0.25, -0.2) is 0 Å². The van der Waals surface area contributed by atoms with Crippen molar-refractivity contribution in [3.05, 3.63) is 24.3 Å². The van der Waals surface area contributed by atoms with Gasteiger partial charge in [0.1, 0.15) is 6.54 Å². The van der Waals surface area contributed by atoms with Crippen LogP contribution in [-0.2, 0) is 14.3 Å². The number of hydrogen-bond donors (Lipinski definition) is 0. The summed E-state index contributed by atoms with van der Waals surface area (Å²) in [5.74, 6) is -0.659. The topological polar surface area (TPSA) is 46.6 Å². The third kappa shape index (κ3) is 5.13. The van der Waals surface area contributed by atoms with Gasteiger partial charge >= 0.3 is 5.97 Å². The molecule has 0 aromatic heterocycles. The summed E-state index contributed by atoms with van der Waals surface area (Å²) >= 11 is 0. The smallest absolute Gasteiger partial charge is 0.325 e. The molecule has 0 saturated heterocycles. The first-order valence-electron chi connectivity index (χ1n) is 4.23. The van der Waals surface area contributed by atoms with Gasteiger partial charge in [0.15, 0.2) is 0 Å². The number of methoxy groups -OCH3 is 1. The summed E-state index contributed by atoms with van der Waals surface area (Å²) in [6, 6.07) is 0. The number of amides is 1. The summed E-state index contributed by atoms with van der Waals surface area (Å²) < 4.78 is 4.43. The lowest BCUT2D eigenvalue weighted by Gasteiger charge is -2.12. The molecular weight excluding hydrogens is 182 g/mol. The molecule has 0 aromatic carbocycles. The van der Waals surface area contributed by atoms with Crippen LogP contribution in [0, 0.1) is 0 Å². The second-order valence-electron chi connectivity index (χ2n) is 2.66. The zero-order valence-electron chi connectivity index (χ0n) is 8.69. The largest absolute Gasteiger partial charge is 0.468 e. The molecule has 4 nitrogen and oxygen atoms in total. The molecule has 0 bridgehead atoms. The lowest BCUT2D eigenvalue weighted by molar-refractivity contribution is -0.144. The molecule has 4 heteroatoms. The molecule has 1 amide bonds. The highest BCUT2D eigenvalue weighted by molar-refractivity contribution is 5.90. The van der Waals surface area contributed by atoms with E-state index < -0.39 is 5.97 Å². The molecule has 0 aromatic rings. The van der Waals surface area contributed by atoms with E-state index in [2.05, 4.69) is 4.74 Å². The van der Waals surface area contributed by atoms with Crippen LogP contribution in [0.4, 0.5) is 0 Å². The van der Waals surface area contributed by atoms with Crippen LogP contribution >= 0.6 is 0 Å². The normalized spacial score (nSPS) is 10.8. The Morgan fingerprint density at radius 3 is 2.50 bits per heavy atom. The molecule has 0 aliphatic carbocycles. The summed E-state index contributed by atoms with van der Waals surface area (Å²) in [4.78, 5) is 23.4. The highest BCUT2D eigenvalue weighted by Crippen LogP contribution is 1.89. The summed E-state index contributed by atoms with van der Waals surface area (Å²) in [7, 11) is 2.83. The Morgan fingerprint density at radius 1 is 1.36 bits per heavy atom. The SMILES string of the molecule is CC=CC=CC(=O)N(C)CC(=O)OC. The van der Waals surface area contributed by atoms with Gasteiger partial charge in [0, 0.05) is 13.1 Å². The maximum Gasteiger partial charge on any atom is 0.325 e. The van der Waals surface area contributed by atoms with Gasteiger partial charge in [-0.05, 0) is 6.92 Å². The Labute approximate surface area is 83.8 Å². The van der Waals surface area contributed by atoms with E-state index in [1.54, 1.807) is 19.2 Å². The van der Waals surface area contributed by atoms with E-state index in [9.17, 15) is 9.59 Å². The summed E-state index contributed by atoms with van der Waals surface area (Å²) in [6.07, 6.45) is 6.56. The third-order valence-electron chi connectivity index (χ3n) is 1.51. The van der Waals surface area contributed by atoms with Gasteiger partial charge in [-0.1, -0.05) is 18.2 Å². The predicted octanol–water partition coefficient (Wildman–Crippen LogP) is 0.750. The fourth-order valence-corrected chi connectivity index (χ4v) is 0.712. The number of esters is 1. The van der Waals surface area contributed by atoms with Gasteiger partial charge in [-0.2, -0.15) is 0 Å². The molecule has 0 fully saturated rings. The number of rotatable bonds is 4. The van der Waals surface area contributed by atoms with Crippen molar-refractivity contribution in [2.24, 2.45) is 0 Å². The van der Waals surface area contributed by atoms with Crippen LogP contribution < -0.4 is 0 Å². The highest BCUT2D eigenvalue weighted by atomic mass is 16.5. The van der Waals surface area contributed by atoms with E-state index in [0.717, 1.165) is 0 Å². The number of carbonyl (C=O) groups is 2. The van der Waals surface area contributed by atoms with Crippen molar-refractivity contribution in [1.29, 1.82) is 0 Å². The summed E-state index contributed by atoms with van der Waals surface area (Å²) in [5.41, 5.74) is 0. The molecule has 0 unspecified atom stereocenters. The van der Waals surface area contributed by atoms with Gasteiger partial charge < -0.3 is 9.64 Å². The van der Waals surface area contributed by atoms with Crippen molar-refractivity contribution >= 4 is 11.9 Å². The van der Waals surface area contributed by atoms with Crippen molar-refractivity contribution in [3.8, 4) is 0 Å². The maximum atomic E-state index is 11.3. The number of ether oxygens (including phenoxy) is 1. The van der Waals surface area contributed by atoms with Gasteiger partial charge in [0.25, 0.3) is 0 Å². The molecule has 0 spiro atoms. The fourth-order valence-electron chi connectivity index (χ4n) is 0.712. The Bertz CT molecular complexity index is 256. The first kappa shape index (κ1) is 12.4. The molecular formula is C10H15NO3. The van der Waals surface area contributed by atoms with Gasteiger partial charge in [-0.3, -0.25) is 9.59 Å². The number of hydrogen-bond acceptors (Lipinski definition) is 3. The molecule has 0 rings (SSSR count). The number of allylic oxidation sites excluding steroid dienone is 3. The lowest BCUT2D eigenvalue weighted by Crippen LogP contribution is -2.31. The van der Waals surface area contributed by atoms with Gasteiger partial charge in [0.05, 0.1) is 7.11 Å². The van der Waals surface area contributed by atoms with E-state index in [-0.39, 0.29) is 12.5 Å². The number of carbonyl (C=O) groups excluding carboxylic acids is 2. The van der Waals surface area contributed by atoms with Crippen LogP contribution in [0.25, 0.3) is 0 Å². The van der Waals surface area contributed by atoms with E-state index in [0.29, 0.717) is 0 Å². The second-order valence-corrected chi connectivity index (χ2v) is 2.66. The van der Waals surface area contributed by atoms with Crippen molar-refractivity contribution in [2.75, 3.05) is 20.7 Å². The summed E-state index contributed by atoms with van der Waals surface area (Å²) in [6.45, 7) is 1.82. The lowest BCUT2D eigenvalue weighted by atomic mass is 10.4. The monoisotopic (exact) mass is 197 g/mol. The average Bonchev–Trinajstić information content (AvgIpc) is 2.17. The van der Waals surface area contributed by atoms with E-state index in [1.807, 2.05) is 13.0 Å². The van der Waals surface area contributed by atoms with Gasteiger partial charge in [0.2, 0.25) is 5.91 Å². The molecule has 0 aliphatic rings. The standard InChI is InChI=1S/C10H15NO3/c1-4-5-6-7-9(12)11(2)8-10(13)14-3/h4-7H,8H2,1-3H3. The molecule has 0 N–H and O–H groups in total. The number of nitrogens with zero attached hydrogens (tertiary/aromatic N) is 1. The second kappa shape index (κ2) is 6.88. The molecule has 0 heterocycles. The Kier molecular flexibility index (Phi) is 6.11. The molecule has 0 aliphatic heterocycles. The van der Waals surface area contributed by atoms with Gasteiger partial charge in [-0.15, -0.1) is 0 Å². The quantitative estimate of drug-likeness (QED) is 0.379. The minimum Gasteiger partial charge on any atom is -0.468 e. The van der Waals surface area contributed by atoms with E-state index in [1.165, 1.54) is 18.1 Å². The van der Waals surface area contributed by atoms with E-state index >= 15 is 0 Å². The van der Waals surface area contributed by atoms with Crippen molar-refractivity contribution in [1.82, 2.24) is 4.90 Å². The zero-order chi connectivity index (χ0) is 11.0. The average molecular weight is 197 g/mol. The highest BCUT2D eigenvalue weighted by Gasteiger charge is 2.09. The van der Waals surface area contributed by atoms with E-state index in [4.69, 9.17) is 0 Å². The predicted molar refractivity (Wildman–Crippen MR) is 53.6 cm³/mol. The first-order valence-corrected chi connectivity index (χ1v) is 4.23. The third-order valence-corrected chi connectivity index (χ3v) is 1.51. The Hall–Kier alpha value is -1.58. The van der Waals surface area contributed by atoms with Crippen LogP contribution in [0.1, 0.15) is 6.92 Å². The minimum atomic E-state index is -0.430. The molecule has 0 atom stereocenters. The number of likely N-dealkylation sites (N-methyl/N-ethyl adjacent to an activating group) is 1. The maximum absolute atomic E-state index is 11.3. The minimum absolute atomic E-state index is 0.0322. The molecule has 0 radical (unpaired) electrons. The van der Waals surface area contributed by atoms with Crippen LogP contribution in [0.2, 0.25) is 0 Å². The molecule has 78 valence electrons. The van der Waals surface area contributed by atoms with Crippen LogP contribution in [0.3, 0.4) is 0 Å². The fraction of sp³-hybridized carbons (Fsp3) is 0.400. The first-order chi connectivity index (χ1) is 6.61. The zero-order valence-corrected chi connectivity index (χ0v) is 8.69. The summed E-state index contributed by atoms with van der Waals surface area (Å²) in [5, 5.41) is 0. The van der Waals surface area contributed by atoms with Crippen molar-refractivity contribution in [2.45, 2.75) is 6.92 Å². The molecule has 14 heavy (non-hydrogen) atoms. The Morgan fingerprint density at radius 2 is 2.00 bits per heavy atom. The van der Waals surface area contributed by atoms with Crippen molar-refractivity contribution < 1.29 is 14.3 Å².